The van der Waals surface area contributed by atoms with E-state index in [0.717, 1.165) is 23.7 Å². The summed E-state index contributed by atoms with van der Waals surface area (Å²) in [4.78, 5) is 0. The number of hydrogen-bond acceptors (Lipinski definition) is 0. The summed E-state index contributed by atoms with van der Waals surface area (Å²) in [5, 5.41) is 0. The van der Waals surface area contributed by atoms with Crippen LogP contribution in [-0.4, -0.2) is 0 Å². The van der Waals surface area contributed by atoms with Crippen LogP contribution in [0.2, 0.25) is 0 Å². The fourth-order valence-corrected chi connectivity index (χ4v) is 3.73. The molecule has 0 bridgehead atoms. The molecular weight excluding hydrogens is 144 g/mol. The zero-order chi connectivity index (χ0) is 8.29. The second kappa shape index (κ2) is 2.27. The van der Waals surface area contributed by atoms with Gasteiger partial charge in [-0.1, -0.05) is 20.3 Å². The molecular formula is C12H20. The number of fused-ring (bicyclic) bond motifs is 1. The molecule has 0 aromatic carbocycles. The van der Waals surface area contributed by atoms with Crippen molar-refractivity contribution in [1.29, 1.82) is 0 Å². The monoisotopic (exact) mass is 164 g/mol. The van der Waals surface area contributed by atoms with Crippen LogP contribution >= 0.6 is 0 Å². The molecule has 68 valence electrons. The molecule has 0 aliphatic heterocycles. The highest BCUT2D eigenvalue weighted by atomic mass is 14.6. The first-order valence-electron chi connectivity index (χ1n) is 5.81. The highest BCUT2D eigenvalue weighted by Gasteiger charge is 2.59. The van der Waals surface area contributed by atoms with E-state index in [-0.39, 0.29) is 0 Å². The van der Waals surface area contributed by atoms with Crippen molar-refractivity contribution in [1.82, 2.24) is 0 Å². The highest BCUT2D eigenvalue weighted by Crippen LogP contribution is 2.67. The lowest BCUT2D eigenvalue weighted by atomic mass is 9.72. The van der Waals surface area contributed by atoms with E-state index in [2.05, 4.69) is 13.8 Å². The third-order valence-corrected chi connectivity index (χ3v) is 4.96. The molecule has 3 saturated carbocycles. The van der Waals surface area contributed by atoms with Crippen LogP contribution in [0.3, 0.4) is 0 Å². The Kier molecular flexibility index (Phi) is 1.40. The van der Waals surface area contributed by atoms with Gasteiger partial charge in [0.2, 0.25) is 0 Å². The molecule has 0 heterocycles. The zero-order valence-corrected chi connectivity index (χ0v) is 8.29. The molecule has 0 radical (unpaired) electrons. The van der Waals surface area contributed by atoms with Crippen molar-refractivity contribution < 1.29 is 0 Å². The van der Waals surface area contributed by atoms with Crippen LogP contribution in [-0.2, 0) is 0 Å². The summed E-state index contributed by atoms with van der Waals surface area (Å²) < 4.78 is 0. The van der Waals surface area contributed by atoms with Crippen molar-refractivity contribution >= 4 is 0 Å². The summed E-state index contributed by atoms with van der Waals surface area (Å²) >= 11 is 0. The summed E-state index contributed by atoms with van der Waals surface area (Å²) in [5.74, 6) is 6.95. The van der Waals surface area contributed by atoms with Gasteiger partial charge in [-0.3, -0.25) is 0 Å². The highest BCUT2D eigenvalue weighted by molar-refractivity contribution is 5.08. The van der Waals surface area contributed by atoms with Crippen molar-refractivity contribution in [3.63, 3.8) is 0 Å². The van der Waals surface area contributed by atoms with E-state index < -0.39 is 0 Å². The van der Waals surface area contributed by atoms with Gasteiger partial charge in [-0.05, 0) is 54.8 Å². The molecule has 0 nitrogen and oxygen atoms in total. The van der Waals surface area contributed by atoms with E-state index in [1.54, 1.807) is 19.3 Å². The van der Waals surface area contributed by atoms with Gasteiger partial charge in [0.15, 0.2) is 0 Å². The Labute approximate surface area is 75.7 Å². The van der Waals surface area contributed by atoms with Gasteiger partial charge in [0, 0.05) is 0 Å². The topological polar surface area (TPSA) is 0 Å². The minimum atomic E-state index is 1.10. The maximum absolute atomic E-state index is 2.49. The van der Waals surface area contributed by atoms with E-state index in [1.807, 2.05) is 0 Å². The SMILES string of the molecule is CCC1CC1CC1C(C)C2CC12. The average Bonchev–Trinajstić information content (AvgIpc) is 2.95. The Morgan fingerprint density at radius 3 is 2.42 bits per heavy atom. The molecule has 0 aromatic rings. The van der Waals surface area contributed by atoms with Gasteiger partial charge in [-0.2, -0.15) is 0 Å². The molecule has 3 aliphatic rings. The third-order valence-electron chi connectivity index (χ3n) is 4.96. The Hall–Kier alpha value is 0. The molecule has 12 heavy (non-hydrogen) atoms. The maximum Gasteiger partial charge on any atom is -0.0349 e. The van der Waals surface area contributed by atoms with E-state index in [1.165, 1.54) is 18.3 Å². The molecule has 6 unspecified atom stereocenters. The van der Waals surface area contributed by atoms with Crippen molar-refractivity contribution in [2.45, 2.75) is 39.5 Å². The fourth-order valence-electron chi connectivity index (χ4n) is 3.73. The van der Waals surface area contributed by atoms with Crippen LogP contribution in [0, 0.1) is 35.5 Å². The van der Waals surface area contributed by atoms with Crippen LogP contribution in [0.25, 0.3) is 0 Å². The van der Waals surface area contributed by atoms with Crippen molar-refractivity contribution in [3.8, 4) is 0 Å². The van der Waals surface area contributed by atoms with E-state index >= 15 is 0 Å². The van der Waals surface area contributed by atoms with Gasteiger partial charge >= 0.3 is 0 Å². The molecule has 3 aliphatic carbocycles. The number of rotatable bonds is 3. The van der Waals surface area contributed by atoms with Crippen LogP contribution in [0.1, 0.15) is 39.5 Å². The summed E-state index contributed by atoms with van der Waals surface area (Å²) in [6.45, 7) is 4.84. The zero-order valence-electron chi connectivity index (χ0n) is 8.29. The molecule has 3 rings (SSSR count). The Morgan fingerprint density at radius 2 is 1.92 bits per heavy atom. The quantitative estimate of drug-likeness (QED) is 0.600. The summed E-state index contributed by atoms with van der Waals surface area (Å²) in [6.07, 6.45) is 6.20. The number of hydrogen-bond donors (Lipinski definition) is 0. The van der Waals surface area contributed by atoms with E-state index in [0.29, 0.717) is 0 Å². The maximum atomic E-state index is 2.49. The Bertz CT molecular complexity index is 196. The van der Waals surface area contributed by atoms with Gasteiger partial charge < -0.3 is 0 Å². The second-order valence-electron chi connectivity index (χ2n) is 5.49. The van der Waals surface area contributed by atoms with Crippen LogP contribution in [0.15, 0.2) is 0 Å². The summed E-state index contributed by atoms with van der Waals surface area (Å²) in [5.41, 5.74) is 0. The molecule has 6 atom stereocenters. The lowest BCUT2D eigenvalue weighted by molar-refractivity contribution is 0.151. The fraction of sp³-hybridized carbons (Fsp3) is 1.00. The molecule has 3 fully saturated rings. The average molecular weight is 164 g/mol. The van der Waals surface area contributed by atoms with Gasteiger partial charge in [0.05, 0.1) is 0 Å². The predicted octanol–water partition coefficient (Wildman–Crippen LogP) is 3.32. The molecule has 0 saturated heterocycles. The van der Waals surface area contributed by atoms with E-state index in [9.17, 15) is 0 Å². The first-order valence-corrected chi connectivity index (χ1v) is 5.81. The lowest BCUT2D eigenvalue weighted by Gasteiger charge is -2.33. The Morgan fingerprint density at radius 1 is 1.08 bits per heavy atom. The van der Waals surface area contributed by atoms with Crippen molar-refractivity contribution in [3.05, 3.63) is 0 Å². The molecule has 0 spiro atoms. The standard InChI is InChI=1S/C12H20/c1-3-8-4-9(8)5-10-7(2)11-6-12(10)11/h7-12H,3-6H2,1-2H3. The second-order valence-corrected chi connectivity index (χ2v) is 5.49. The predicted molar refractivity (Wildman–Crippen MR) is 50.8 cm³/mol. The van der Waals surface area contributed by atoms with Gasteiger partial charge in [-0.25, -0.2) is 0 Å². The lowest BCUT2D eigenvalue weighted by Crippen LogP contribution is -2.27. The minimum absolute atomic E-state index is 1.10. The largest absolute Gasteiger partial charge is 0.0651 e. The molecule has 0 heteroatoms. The van der Waals surface area contributed by atoms with Crippen LogP contribution < -0.4 is 0 Å². The Balaban J connectivity index is 1.51. The van der Waals surface area contributed by atoms with E-state index in [4.69, 9.17) is 0 Å². The smallest absolute Gasteiger partial charge is 0.0349 e. The molecule has 0 N–H and O–H groups in total. The van der Waals surface area contributed by atoms with Gasteiger partial charge in [0.1, 0.15) is 0 Å². The molecule has 0 amide bonds. The van der Waals surface area contributed by atoms with Crippen molar-refractivity contribution in [2.24, 2.45) is 35.5 Å². The molecule has 0 aromatic heterocycles. The van der Waals surface area contributed by atoms with Crippen LogP contribution in [0.4, 0.5) is 0 Å². The summed E-state index contributed by atoms with van der Waals surface area (Å²) in [7, 11) is 0. The normalized spacial score (nSPS) is 60.5. The van der Waals surface area contributed by atoms with Crippen molar-refractivity contribution in [2.75, 3.05) is 0 Å². The summed E-state index contributed by atoms with van der Waals surface area (Å²) in [6, 6.07) is 0. The van der Waals surface area contributed by atoms with Crippen LogP contribution in [0.5, 0.6) is 0 Å². The van der Waals surface area contributed by atoms with Gasteiger partial charge in [-0.15, -0.1) is 0 Å². The minimum Gasteiger partial charge on any atom is -0.0651 e. The van der Waals surface area contributed by atoms with Gasteiger partial charge in [0.25, 0.3) is 0 Å². The third kappa shape index (κ3) is 0.900. The first kappa shape index (κ1) is 7.41. The first-order chi connectivity index (χ1) is 5.81.